The number of nitro benzene ring substituents is 1. The van der Waals surface area contributed by atoms with Gasteiger partial charge in [0.05, 0.1) is 21.3 Å². The molecule has 0 aliphatic carbocycles. The van der Waals surface area contributed by atoms with Crippen LogP contribution in [0.25, 0.3) is 0 Å². The van der Waals surface area contributed by atoms with E-state index in [9.17, 15) is 10.1 Å². The van der Waals surface area contributed by atoms with E-state index in [1.807, 2.05) is 0 Å². The lowest BCUT2D eigenvalue weighted by molar-refractivity contribution is -0.384. The monoisotopic (exact) mass is 309 g/mol. The fourth-order valence-corrected chi connectivity index (χ4v) is 1.71. The Morgan fingerprint density at radius 3 is 2.56 bits per heavy atom. The van der Waals surface area contributed by atoms with Crippen molar-refractivity contribution in [3.05, 3.63) is 51.1 Å². The lowest BCUT2D eigenvalue weighted by atomic mass is 10.3. The molecule has 92 valence electrons. The average Bonchev–Trinajstić information content (AvgIpc) is 2.33. The topological polar surface area (TPSA) is 91.3 Å². The molecule has 0 atom stereocenters. The lowest BCUT2D eigenvalue weighted by Gasteiger charge is -2.06. The number of aromatic nitrogens is 1. The largest absolute Gasteiger partial charge is 0.438 e. The number of nitro groups is 1. The summed E-state index contributed by atoms with van der Waals surface area (Å²) in [6, 6.07) is 7.39. The number of halogens is 1. The van der Waals surface area contributed by atoms with Gasteiger partial charge in [-0.25, -0.2) is 4.98 Å². The molecule has 0 radical (unpaired) electrons. The molecule has 0 saturated carbocycles. The predicted molar refractivity (Wildman–Crippen MR) is 69.5 cm³/mol. The maximum Gasteiger partial charge on any atom is 0.269 e. The molecule has 18 heavy (non-hydrogen) atoms. The van der Waals surface area contributed by atoms with Crippen molar-refractivity contribution in [2.45, 2.75) is 0 Å². The Morgan fingerprint density at radius 2 is 2.00 bits per heavy atom. The molecule has 0 amide bonds. The molecule has 0 spiro atoms. The highest BCUT2D eigenvalue weighted by Crippen LogP contribution is 2.29. The van der Waals surface area contributed by atoms with Gasteiger partial charge in [0.2, 0.25) is 5.88 Å². The van der Waals surface area contributed by atoms with Gasteiger partial charge in [0.15, 0.2) is 0 Å². The van der Waals surface area contributed by atoms with Crippen LogP contribution in [0.4, 0.5) is 11.4 Å². The highest BCUT2D eigenvalue weighted by Gasteiger charge is 2.07. The van der Waals surface area contributed by atoms with Gasteiger partial charge in [-0.2, -0.15) is 0 Å². The smallest absolute Gasteiger partial charge is 0.269 e. The first kappa shape index (κ1) is 12.3. The van der Waals surface area contributed by atoms with Crippen molar-refractivity contribution in [1.82, 2.24) is 4.98 Å². The summed E-state index contributed by atoms with van der Waals surface area (Å²) in [6.45, 7) is 0. The molecule has 0 unspecified atom stereocenters. The summed E-state index contributed by atoms with van der Waals surface area (Å²) in [5.41, 5.74) is 6.07. The number of nitrogens with zero attached hydrogens (tertiary/aromatic N) is 2. The van der Waals surface area contributed by atoms with Gasteiger partial charge in [-0.15, -0.1) is 0 Å². The number of hydrogen-bond donors (Lipinski definition) is 1. The molecule has 7 heteroatoms. The zero-order valence-electron chi connectivity index (χ0n) is 9.04. The van der Waals surface area contributed by atoms with Gasteiger partial charge >= 0.3 is 0 Å². The predicted octanol–water partition coefficient (Wildman–Crippen LogP) is 3.13. The van der Waals surface area contributed by atoms with Gasteiger partial charge < -0.3 is 10.5 Å². The summed E-state index contributed by atoms with van der Waals surface area (Å²) < 4.78 is 6.07. The number of non-ortho nitro benzene ring substituents is 1. The Labute approximate surface area is 111 Å². The Balaban J connectivity index is 2.21. The third-order valence-corrected chi connectivity index (χ3v) is 2.66. The Morgan fingerprint density at radius 1 is 1.33 bits per heavy atom. The number of pyridine rings is 1. The van der Waals surface area contributed by atoms with Gasteiger partial charge in [0.25, 0.3) is 5.69 Å². The zero-order valence-corrected chi connectivity index (χ0v) is 10.6. The quantitative estimate of drug-likeness (QED) is 0.694. The number of benzene rings is 1. The maximum absolute atomic E-state index is 10.5. The third kappa shape index (κ3) is 2.75. The summed E-state index contributed by atoms with van der Waals surface area (Å²) in [7, 11) is 0. The van der Waals surface area contributed by atoms with Crippen molar-refractivity contribution in [1.29, 1.82) is 0 Å². The van der Waals surface area contributed by atoms with Crippen LogP contribution in [0.15, 0.2) is 41.0 Å². The first-order valence-corrected chi connectivity index (χ1v) is 5.69. The third-order valence-electron chi connectivity index (χ3n) is 2.09. The van der Waals surface area contributed by atoms with E-state index in [0.717, 1.165) is 0 Å². The Hall–Kier alpha value is -2.15. The van der Waals surface area contributed by atoms with E-state index < -0.39 is 4.92 Å². The van der Waals surface area contributed by atoms with Crippen LogP contribution in [0.2, 0.25) is 0 Å². The standard InChI is InChI=1S/C11H8BrN3O3/c12-10-5-7(13)6-14-11(10)18-9-3-1-8(2-4-9)15(16)17/h1-6H,13H2. The van der Waals surface area contributed by atoms with E-state index in [1.54, 1.807) is 6.07 Å². The number of nitrogens with two attached hydrogens (primary N) is 1. The molecule has 1 heterocycles. The van der Waals surface area contributed by atoms with Crippen molar-refractivity contribution in [3.63, 3.8) is 0 Å². The van der Waals surface area contributed by atoms with Crippen LogP contribution < -0.4 is 10.5 Å². The van der Waals surface area contributed by atoms with Crippen LogP contribution in [0.3, 0.4) is 0 Å². The zero-order chi connectivity index (χ0) is 13.1. The van der Waals surface area contributed by atoms with Gasteiger partial charge in [0.1, 0.15) is 5.75 Å². The molecule has 0 fully saturated rings. The summed E-state index contributed by atoms with van der Waals surface area (Å²) >= 11 is 3.27. The second-order valence-corrected chi connectivity index (χ2v) is 4.26. The second-order valence-electron chi connectivity index (χ2n) is 3.41. The lowest BCUT2D eigenvalue weighted by Crippen LogP contribution is -1.93. The van der Waals surface area contributed by atoms with Gasteiger partial charge in [-0.3, -0.25) is 10.1 Å². The molecular weight excluding hydrogens is 302 g/mol. The van der Waals surface area contributed by atoms with Crippen LogP contribution in [0, 0.1) is 10.1 Å². The van der Waals surface area contributed by atoms with Crippen LogP contribution in [0.1, 0.15) is 0 Å². The van der Waals surface area contributed by atoms with Crippen LogP contribution in [-0.2, 0) is 0 Å². The molecule has 1 aromatic heterocycles. The van der Waals surface area contributed by atoms with E-state index >= 15 is 0 Å². The summed E-state index contributed by atoms with van der Waals surface area (Å²) in [5, 5.41) is 10.5. The number of anilines is 1. The molecule has 2 rings (SSSR count). The van der Waals surface area contributed by atoms with E-state index in [1.165, 1.54) is 30.5 Å². The van der Waals surface area contributed by atoms with E-state index in [-0.39, 0.29) is 5.69 Å². The molecule has 2 aromatic rings. The van der Waals surface area contributed by atoms with Crippen LogP contribution >= 0.6 is 15.9 Å². The van der Waals surface area contributed by atoms with Crippen molar-refractivity contribution in [2.24, 2.45) is 0 Å². The molecule has 6 nitrogen and oxygen atoms in total. The van der Waals surface area contributed by atoms with Gasteiger partial charge in [-0.1, -0.05) is 0 Å². The minimum Gasteiger partial charge on any atom is -0.438 e. The van der Waals surface area contributed by atoms with E-state index in [2.05, 4.69) is 20.9 Å². The number of hydrogen-bond acceptors (Lipinski definition) is 5. The SMILES string of the molecule is Nc1cnc(Oc2ccc([N+](=O)[O-])cc2)c(Br)c1. The van der Waals surface area contributed by atoms with E-state index in [4.69, 9.17) is 10.5 Å². The summed E-state index contributed by atoms with van der Waals surface area (Å²) in [5.74, 6) is 0.802. The first-order chi connectivity index (χ1) is 8.56. The summed E-state index contributed by atoms with van der Waals surface area (Å²) in [6.07, 6.45) is 1.46. The molecule has 0 saturated heterocycles. The fourth-order valence-electron chi connectivity index (χ4n) is 1.26. The fraction of sp³-hybridized carbons (Fsp3) is 0. The summed E-state index contributed by atoms with van der Waals surface area (Å²) in [4.78, 5) is 14.0. The van der Waals surface area contributed by atoms with Crippen LogP contribution in [-0.4, -0.2) is 9.91 Å². The van der Waals surface area contributed by atoms with Gasteiger partial charge in [-0.05, 0) is 34.1 Å². The molecule has 0 aliphatic rings. The molecular formula is C11H8BrN3O3. The molecule has 2 N–H and O–H groups in total. The maximum atomic E-state index is 10.5. The highest BCUT2D eigenvalue weighted by atomic mass is 79.9. The Kier molecular flexibility index (Phi) is 3.42. The minimum atomic E-state index is -0.471. The molecule has 1 aromatic carbocycles. The van der Waals surface area contributed by atoms with Crippen molar-refractivity contribution in [3.8, 4) is 11.6 Å². The minimum absolute atomic E-state index is 0.00619. The first-order valence-electron chi connectivity index (χ1n) is 4.89. The van der Waals surface area contributed by atoms with Crippen LogP contribution in [0.5, 0.6) is 11.6 Å². The number of rotatable bonds is 3. The second kappa shape index (κ2) is 5.01. The number of ether oxygens (including phenoxy) is 1. The van der Waals surface area contributed by atoms with Crippen molar-refractivity contribution < 1.29 is 9.66 Å². The molecule has 0 bridgehead atoms. The average molecular weight is 310 g/mol. The van der Waals surface area contributed by atoms with Crippen molar-refractivity contribution in [2.75, 3.05) is 5.73 Å². The normalized spacial score (nSPS) is 10.1. The highest BCUT2D eigenvalue weighted by molar-refractivity contribution is 9.10. The number of nitrogen functional groups attached to an aromatic ring is 1. The van der Waals surface area contributed by atoms with E-state index in [0.29, 0.717) is 21.8 Å². The van der Waals surface area contributed by atoms with Gasteiger partial charge in [0, 0.05) is 12.1 Å². The van der Waals surface area contributed by atoms with Crippen molar-refractivity contribution >= 4 is 27.3 Å². The Bertz CT molecular complexity index is 587. The molecule has 0 aliphatic heterocycles.